The lowest BCUT2D eigenvalue weighted by molar-refractivity contribution is -0.119. The van der Waals surface area contributed by atoms with Gasteiger partial charge in [-0.2, -0.15) is 0 Å². The summed E-state index contributed by atoms with van der Waals surface area (Å²) in [5, 5.41) is 3.57. The molecule has 0 aromatic heterocycles. The number of rotatable bonds is 5. The molecule has 29 heavy (non-hydrogen) atoms. The maximum atomic E-state index is 14.4. The zero-order valence-electron chi connectivity index (χ0n) is 15.6. The minimum absolute atomic E-state index is 0.0327. The van der Waals surface area contributed by atoms with Crippen molar-refractivity contribution in [2.75, 3.05) is 38.2 Å². The maximum absolute atomic E-state index is 14.4. The summed E-state index contributed by atoms with van der Waals surface area (Å²) in [6, 6.07) is 10.0. The van der Waals surface area contributed by atoms with Gasteiger partial charge in [-0.3, -0.25) is 9.59 Å². The molecule has 0 radical (unpaired) electrons. The van der Waals surface area contributed by atoms with Crippen molar-refractivity contribution in [1.29, 1.82) is 0 Å². The van der Waals surface area contributed by atoms with E-state index in [1.54, 1.807) is 4.90 Å². The van der Waals surface area contributed by atoms with Gasteiger partial charge in [0.25, 0.3) is 5.91 Å². The lowest BCUT2D eigenvalue weighted by Crippen LogP contribution is -2.51. The highest BCUT2D eigenvalue weighted by atomic mass is 35.5. The highest BCUT2D eigenvalue weighted by Gasteiger charge is 2.33. The highest BCUT2D eigenvalue weighted by Crippen LogP contribution is 2.31. The van der Waals surface area contributed by atoms with Crippen molar-refractivity contribution >= 4 is 29.0 Å². The predicted octanol–water partition coefficient (Wildman–Crippen LogP) is 3.14. The molecular weight excluding hydrogens is 399 g/mol. The number of amides is 1. The summed E-state index contributed by atoms with van der Waals surface area (Å²) in [5.74, 6) is -0.723. The second-order valence-corrected chi connectivity index (χ2v) is 7.66. The van der Waals surface area contributed by atoms with Gasteiger partial charge < -0.3 is 19.7 Å². The number of nitrogens with zero attached hydrogens (tertiary/aromatic N) is 1. The van der Waals surface area contributed by atoms with Crippen LogP contribution in [-0.2, 0) is 16.1 Å². The number of fused-ring (bicyclic) bond motifs is 1. The molecule has 2 heterocycles. The van der Waals surface area contributed by atoms with Gasteiger partial charge in [-0.15, -0.1) is 0 Å². The van der Waals surface area contributed by atoms with Crippen LogP contribution in [0.2, 0.25) is 5.02 Å². The number of anilines is 1. The third kappa shape index (κ3) is 4.52. The first-order chi connectivity index (χ1) is 14.0. The maximum Gasteiger partial charge on any atom is 0.256 e. The molecule has 2 aromatic carbocycles. The number of Topliss-reactive ketones (excluding diaryl/α,β-unsaturated/α-hetero) is 1. The molecular formula is C21H20ClFN2O4. The van der Waals surface area contributed by atoms with Gasteiger partial charge in [0.2, 0.25) is 0 Å². The Labute approximate surface area is 172 Å². The van der Waals surface area contributed by atoms with Crippen LogP contribution in [0.25, 0.3) is 0 Å². The number of nitrogens with one attached hydrogen (secondary N) is 1. The van der Waals surface area contributed by atoms with Crippen molar-refractivity contribution in [3.05, 3.63) is 58.4 Å². The van der Waals surface area contributed by atoms with E-state index in [0.717, 1.165) is 11.6 Å². The Kier molecular flexibility index (Phi) is 5.69. The molecule has 152 valence electrons. The van der Waals surface area contributed by atoms with Crippen molar-refractivity contribution < 1.29 is 23.5 Å². The number of likely N-dealkylation sites (tertiary alicyclic amines) is 1. The summed E-state index contributed by atoms with van der Waals surface area (Å²) in [4.78, 5) is 25.7. The summed E-state index contributed by atoms with van der Waals surface area (Å²) >= 11 is 5.86. The van der Waals surface area contributed by atoms with E-state index in [9.17, 15) is 14.0 Å². The third-order valence-electron chi connectivity index (χ3n) is 4.94. The number of hydrogen-bond acceptors (Lipinski definition) is 5. The average Bonchev–Trinajstić information content (AvgIpc) is 2.85. The van der Waals surface area contributed by atoms with Crippen LogP contribution in [0.15, 0.2) is 36.4 Å². The molecule has 2 aromatic rings. The van der Waals surface area contributed by atoms with Gasteiger partial charge in [-0.1, -0.05) is 23.7 Å². The molecule has 0 bridgehead atoms. The molecule has 1 N–H and O–H groups in total. The Bertz CT molecular complexity index is 929. The molecule has 1 saturated heterocycles. The summed E-state index contributed by atoms with van der Waals surface area (Å²) < 4.78 is 25.4. The second-order valence-electron chi connectivity index (χ2n) is 7.23. The average molecular weight is 419 g/mol. The molecule has 2 aliphatic heterocycles. The van der Waals surface area contributed by atoms with Crippen molar-refractivity contribution in [3.63, 3.8) is 0 Å². The zero-order valence-corrected chi connectivity index (χ0v) is 16.4. The van der Waals surface area contributed by atoms with Gasteiger partial charge >= 0.3 is 0 Å². The van der Waals surface area contributed by atoms with Crippen LogP contribution < -0.4 is 10.1 Å². The SMILES string of the molecule is O=C1CNc2cc(C(=O)N3CC(COCc4ccc(Cl)cc4)C3)c(F)cc2OC1. The first kappa shape index (κ1) is 19.7. The van der Waals surface area contributed by atoms with E-state index in [4.69, 9.17) is 21.1 Å². The van der Waals surface area contributed by atoms with Crippen LogP contribution in [0, 0.1) is 11.7 Å². The molecule has 2 aliphatic rings. The standard InChI is InChI=1S/C21H20ClFN2O4/c22-15-3-1-13(2-4-15)10-28-11-14-8-25(9-14)21(27)17-5-19-20(6-18(17)23)29-12-16(26)7-24-19/h1-6,14,24H,7-12H2. The Morgan fingerprint density at radius 1 is 1.28 bits per heavy atom. The minimum atomic E-state index is -0.660. The van der Waals surface area contributed by atoms with E-state index in [0.29, 0.717) is 37.0 Å². The minimum Gasteiger partial charge on any atom is -0.483 e. The van der Waals surface area contributed by atoms with E-state index in [1.165, 1.54) is 6.07 Å². The number of ether oxygens (including phenoxy) is 2. The molecule has 0 aliphatic carbocycles. The first-order valence-corrected chi connectivity index (χ1v) is 9.71. The van der Waals surface area contributed by atoms with Gasteiger partial charge in [0.15, 0.2) is 5.78 Å². The molecule has 8 heteroatoms. The molecule has 0 unspecified atom stereocenters. The number of carbonyl (C=O) groups is 2. The fraction of sp³-hybridized carbons (Fsp3) is 0.333. The van der Waals surface area contributed by atoms with Gasteiger partial charge in [0.1, 0.15) is 18.2 Å². The third-order valence-corrected chi connectivity index (χ3v) is 5.20. The number of halogens is 2. The van der Waals surface area contributed by atoms with Crippen LogP contribution >= 0.6 is 11.6 Å². The summed E-state index contributed by atoms with van der Waals surface area (Å²) in [5.41, 5.74) is 1.45. The Hall–Kier alpha value is -2.64. The van der Waals surface area contributed by atoms with Crippen LogP contribution in [-0.4, -0.2) is 49.4 Å². The van der Waals surface area contributed by atoms with Crippen molar-refractivity contribution in [3.8, 4) is 5.75 Å². The van der Waals surface area contributed by atoms with Gasteiger partial charge in [-0.05, 0) is 23.8 Å². The van der Waals surface area contributed by atoms with Gasteiger partial charge in [0.05, 0.1) is 31.0 Å². The Balaban J connectivity index is 1.30. The van der Waals surface area contributed by atoms with E-state index in [2.05, 4.69) is 5.32 Å². The normalized spacial score (nSPS) is 16.3. The molecule has 0 saturated carbocycles. The predicted molar refractivity (Wildman–Crippen MR) is 106 cm³/mol. The van der Waals surface area contributed by atoms with E-state index < -0.39 is 5.82 Å². The van der Waals surface area contributed by atoms with E-state index in [-0.39, 0.29) is 42.1 Å². The molecule has 6 nitrogen and oxygen atoms in total. The highest BCUT2D eigenvalue weighted by molar-refractivity contribution is 6.30. The molecule has 4 rings (SSSR count). The number of benzene rings is 2. The smallest absolute Gasteiger partial charge is 0.256 e. The number of hydrogen-bond donors (Lipinski definition) is 1. The first-order valence-electron chi connectivity index (χ1n) is 9.33. The van der Waals surface area contributed by atoms with Crippen molar-refractivity contribution in [1.82, 2.24) is 4.90 Å². The molecule has 0 atom stereocenters. The summed E-state index contributed by atoms with van der Waals surface area (Å²) in [6.07, 6.45) is 0. The number of carbonyl (C=O) groups excluding carboxylic acids is 2. The lowest BCUT2D eigenvalue weighted by Gasteiger charge is -2.39. The fourth-order valence-corrected chi connectivity index (χ4v) is 3.44. The number of ketones is 1. The Morgan fingerprint density at radius 3 is 2.79 bits per heavy atom. The van der Waals surface area contributed by atoms with Crippen molar-refractivity contribution in [2.45, 2.75) is 6.61 Å². The van der Waals surface area contributed by atoms with Crippen LogP contribution in [0.4, 0.5) is 10.1 Å². The molecule has 1 fully saturated rings. The van der Waals surface area contributed by atoms with Crippen LogP contribution in [0.5, 0.6) is 5.75 Å². The summed E-state index contributed by atoms with van der Waals surface area (Å²) in [7, 11) is 0. The Morgan fingerprint density at radius 2 is 2.03 bits per heavy atom. The lowest BCUT2D eigenvalue weighted by atomic mass is 9.99. The molecule has 1 amide bonds. The largest absolute Gasteiger partial charge is 0.483 e. The van der Waals surface area contributed by atoms with Crippen LogP contribution in [0.3, 0.4) is 0 Å². The van der Waals surface area contributed by atoms with Crippen molar-refractivity contribution in [2.24, 2.45) is 5.92 Å². The van der Waals surface area contributed by atoms with E-state index >= 15 is 0 Å². The fourth-order valence-electron chi connectivity index (χ4n) is 3.32. The second kappa shape index (κ2) is 8.39. The van der Waals surface area contributed by atoms with E-state index in [1.807, 2.05) is 24.3 Å². The monoisotopic (exact) mass is 418 g/mol. The molecule has 0 spiro atoms. The zero-order chi connectivity index (χ0) is 20.4. The van der Waals surface area contributed by atoms with Gasteiger partial charge in [-0.25, -0.2) is 4.39 Å². The van der Waals surface area contributed by atoms with Gasteiger partial charge in [0, 0.05) is 30.1 Å². The quantitative estimate of drug-likeness (QED) is 0.808. The topological polar surface area (TPSA) is 67.9 Å². The summed E-state index contributed by atoms with van der Waals surface area (Å²) in [6.45, 7) is 2.00. The van der Waals surface area contributed by atoms with Crippen LogP contribution in [0.1, 0.15) is 15.9 Å².